The molecular weight excluding hydrogens is 380 g/mol. The fourth-order valence-electron chi connectivity index (χ4n) is 2.66. The molecule has 1 atom stereocenters. The van der Waals surface area contributed by atoms with Crippen molar-refractivity contribution in [2.45, 2.75) is 33.2 Å². The van der Waals surface area contributed by atoms with Crippen molar-refractivity contribution in [1.82, 2.24) is 5.32 Å². The number of nitrogens with one attached hydrogen (secondary N) is 1. The van der Waals surface area contributed by atoms with Gasteiger partial charge >= 0.3 is 5.97 Å². The standard InChI is InChI=1S/C22H23F2NO4/c1-4-14-8-10-15(11-9-14)18(26)12-29-22(28)20(13(2)3)25-21(27)19-16(23)6-5-7-17(19)24/h5-11,13,20H,4,12H2,1-3H3,(H,25,27)/t20-/m0/s1. The summed E-state index contributed by atoms with van der Waals surface area (Å²) in [6, 6.07) is 8.79. The number of benzene rings is 2. The molecule has 0 heterocycles. The largest absolute Gasteiger partial charge is 0.456 e. The topological polar surface area (TPSA) is 72.5 Å². The van der Waals surface area contributed by atoms with Gasteiger partial charge in [-0.3, -0.25) is 9.59 Å². The number of esters is 1. The van der Waals surface area contributed by atoms with E-state index in [0.717, 1.165) is 30.2 Å². The van der Waals surface area contributed by atoms with Gasteiger partial charge in [0.05, 0.1) is 0 Å². The lowest BCUT2D eigenvalue weighted by atomic mass is 10.0. The highest BCUT2D eigenvalue weighted by Gasteiger charge is 2.29. The van der Waals surface area contributed by atoms with Crippen LogP contribution in [0.4, 0.5) is 8.78 Å². The van der Waals surface area contributed by atoms with Crippen molar-refractivity contribution >= 4 is 17.7 Å². The summed E-state index contributed by atoms with van der Waals surface area (Å²) in [7, 11) is 0. The fraction of sp³-hybridized carbons (Fsp3) is 0.318. The van der Waals surface area contributed by atoms with E-state index in [-0.39, 0.29) is 0 Å². The number of amides is 1. The van der Waals surface area contributed by atoms with Gasteiger partial charge in [0.1, 0.15) is 23.2 Å². The summed E-state index contributed by atoms with van der Waals surface area (Å²) in [5, 5.41) is 2.29. The number of rotatable bonds is 8. The average molecular weight is 403 g/mol. The molecule has 29 heavy (non-hydrogen) atoms. The minimum absolute atomic E-state index is 0.394. The number of ether oxygens (including phenoxy) is 1. The Bertz CT molecular complexity index is 874. The molecule has 0 aromatic heterocycles. The van der Waals surface area contributed by atoms with Crippen molar-refractivity contribution in [3.8, 4) is 0 Å². The van der Waals surface area contributed by atoms with Crippen molar-refractivity contribution in [1.29, 1.82) is 0 Å². The first-order valence-corrected chi connectivity index (χ1v) is 9.28. The molecule has 2 aromatic carbocycles. The zero-order chi connectivity index (χ0) is 21.6. The third kappa shape index (κ3) is 5.70. The summed E-state index contributed by atoms with van der Waals surface area (Å²) in [5.41, 5.74) is 0.688. The van der Waals surface area contributed by atoms with Crippen molar-refractivity contribution in [2.75, 3.05) is 6.61 Å². The van der Waals surface area contributed by atoms with Gasteiger partial charge in [-0.2, -0.15) is 0 Å². The Morgan fingerprint density at radius 3 is 2.10 bits per heavy atom. The quantitative estimate of drug-likeness (QED) is 0.539. The molecule has 0 saturated carbocycles. The maximum atomic E-state index is 13.8. The Morgan fingerprint density at radius 1 is 1.00 bits per heavy atom. The van der Waals surface area contributed by atoms with E-state index in [2.05, 4.69) is 5.32 Å². The van der Waals surface area contributed by atoms with Crippen LogP contribution in [0.3, 0.4) is 0 Å². The summed E-state index contributed by atoms with van der Waals surface area (Å²) in [6.45, 7) is 4.76. The molecule has 7 heteroatoms. The molecule has 1 amide bonds. The minimum atomic E-state index is -1.17. The van der Waals surface area contributed by atoms with Crippen LogP contribution in [0.5, 0.6) is 0 Å². The predicted molar refractivity (Wildman–Crippen MR) is 104 cm³/mol. The van der Waals surface area contributed by atoms with E-state index in [4.69, 9.17) is 4.74 Å². The molecule has 0 aliphatic heterocycles. The van der Waals surface area contributed by atoms with E-state index in [9.17, 15) is 23.2 Å². The van der Waals surface area contributed by atoms with Gasteiger partial charge in [0, 0.05) is 5.56 Å². The maximum absolute atomic E-state index is 13.8. The average Bonchev–Trinajstić information content (AvgIpc) is 2.69. The summed E-state index contributed by atoms with van der Waals surface area (Å²) >= 11 is 0. The molecule has 0 spiro atoms. The Balaban J connectivity index is 2.03. The van der Waals surface area contributed by atoms with Gasteiger partial charge in [0.25, 0.3) is 5.91 Å². The van der Waals surface area contributed by atoms with Gasteiger partial charge in [-0.05, 0) is 30.0 Å². The van der Waals surface area contributed by atoms with Crippen LogP contribution in [0.15, 0.2) is 42.5 Å². The Morgan fingerprint density at radius 2 is 1.59 bits per heavy atom. The minimum Gasteiger partial charge on any atom is -0.456 e. The van der Waals surface area contributed by atoms with Gasteiger partial charge in [-0.25, -0.2) is 13.6 Å². The van der Waals surface area contributed by atoms with Gasteiger partial charge in [0.2, 0.25) is 0 Å². The molecule has 0 radical (unpaired) electrons. The number of aryl methyl sites for hydroxylation is 1. The zero-order valence-corrected chi connectivity index (χ0v) is 16.5. The number of hydrogen-bond acceptors (Lipinski definition) is 4. The van der Waals surface area contributed by atoms with Gasteiger partial charge in [-0.15, -0.1) is 0 Å². The van der Waals surface area contributed by atoms with Crippen LogP contribution in [0, 0.1) is 17.6 Å². The second kappa shape index (κ2) is 9.91. The summed E-state index contributed by atoms with van der Waals surface area (Å²) < 4.78 is 32.6. The predicted octanol–water partition coefficient (Wildman–Crippen LogP) is 3.71. The number of carbonyl (C=O) groups excluding carboxylic acids is 3. The van der Waals surface area contributed by atoms with E-state index < -0.39 is 53.4 Å². The monoisotopic (exact) mass is 403 g/mol. The number of ketones is 1. The molecule has 0 unspecified atom stereocenters. The Kier molecular flexibility index (Phi) is 7.59. The smallest absolute Gasteiger partial charge is 0.329 e. The molecule has 0 aliphatic carbocycles. The fourth-order valence-corrected chi connectivity index (χ4v) is 2.66. The first kappa shape index (κ1) is 22.2. The van der Waals surface area contributed by atoms with Gasteiger partial charge < -0.3 is 10.1 Å². The highest BCUT2D eigenvalue weighted by molar-refractivity contribution is 5.99. The Labute approximate surface area is 168 Å². The van der Waals surface area contributed by atoms with E-state index in [0.29, 0.717) is 5.56 Å². The van der Waals surface area contributed by atoms with Crippen LogP contribution in [0.25, 0.3) is 0 Å². The third-order valence-electron chi connectivity index (χ3n) is 4.43. The number of Topliss-reactive ketones (excluding diaryl/α,β-unsaturated/α-hetero) is 1. The lowest BCUT2D eigenvalue weighted by molar-refractivity contribution is -0.145. The summed E-state index contributed by atoms with van der Waals surface area (Å²) in [5.74, 6) is -4.83. The number of halogens is 2. The second-order valence-corrected chi connectivity index (χ2v) is 6.87. The molecule has 154 valence electrons. The van der Waals surface area contributed by atoms with Crippen molar-refractivity contribution in [3.63, 3.8) is 0 Å². The van der Waals surface area contributed by atoms with Gasteiger partial charge in [-0.1, -0.05) is 51.1 Å². The highest BCUT2D eigenvalue weighted by Crippen LogP contribution is 2.14. The third-order valence-corrected chi connectivity index (χ3v) is 4.43. The Hall–Kier alpha value is -3.09. The van der Waals surface area contributed by atoms with Crippen molar-refractivity contribution in [2.24, 2.45) is 5.92 Å². The molecule has 0 saturated heterocycles. The summed E-state index contributed by atoms with van der Waals surface area (Å²) in [4.78, 5) is 36.9. The number of hydrogen-bond donors (Lipinski definition) is 1. The maximum Gasteiger partial charge on any atom is 0.329 e. The van der Waals surface area contributed by atoms with Crippen LogP contribution < -0.4 is 5.32 Å². The van der Waals surface area contributed by atoms with E-state index in [1.165, 1.54) is 0 Å². The SMILES string of the molecule is CCc1ccc(C(=O)COC(=O)[C@@H](NC(=O)c2c(F)cccc2F)C(C)C)cc1. The molecule has 0 bridgehead atoms. The van der Waals surface area contributed by atoms with Crippen LogP contribution in [0.1, 0.15) is 47.1 Å². The van der Waals surface area contributed by atoms with Crippen LogP contribution >= 0.6 is 0 Å². The summed E-state index contributed by atoms with van der Waals surface area (Å²) in [6.07, 6.45) is 0.835. The van der Waals surface area contributed by atoms with Crippen molar-refractivity contribution < 1.29 is 27.9 Å². The van der Waals surface area contributed by atoms with Gasteiger partial charge in [0.15, 0.2) is 12.4 Å². The highest BCUT2D eigenvalue weighted by atomic mass is 19.1. The lowest BCUT2D eigenvalue weighted by Crippen LogP contribution is -2.46. The molecule has 1 N–H and O–H groups in total. The van der Waals surface area contributed by atoms with Crippen LogP contribution in [-0.4, -0.2) is 30.3 Å². The molecule has 5 nitrogen and oxygen atoms in total. The second-order valence-electron chi connectivity index (χ2n) is 6.87. The van der Waals surface area contributed by atoms with E-state index >= 15 is 0 Å². The lowest BCUT2D eigenvalue weighted by Gasteiger charge is -2.21. The van der Waals surface area contributed by atoms with E-state index in [1.54, 1.807) is 26.0 Å². The van der Waals surface area contributed by atoms with Crippen molar-refractivity contribution in [3.05, 3.63) is 70.8 Å². The van der Waals surface area contributed by atoms with Crippen LogP contribution in [0.2, 0.25) is 0 Å². The normalized spacial score (nSPS) is 11.8. The first-order chi connectivity index (χ1) is 13.7. The molecule has 0 fully saturated rings. The van der Waals surface area contributed by atoms with E-state index in [1.807, 2.05) is 19.1 Å². The zero-order valence-electron chi connectivity index (χ0n) is 16.5. The first-order valence-electron chi connectivity index (χ1n) is 9.28. The molecule has 2 aromatic rings. The molecular formula is C22H23F2NO4. The molecule has 2 rings (SSSR count). The van der Waals surface area contributed by atoms with Crippen LogP contribution in [-0.2, 0) is 16.0 Å². The number of carbonyl (C=O) groups is 3. The molecule has 0 aliphatic rings.